The molecule has 2 heterocycles. The van der Waals surface area contributed by atoms with Gasteiger partial charge >= 0.3 is 0 Å². The van der Waals surface area contributed by atoms with E-state index in [9.17, 15) is 0 Å². The summed E-state index contributed by atoms with van der Waals surface area (Å²) in [5, 5.41) is 1.29. The smallest absolute Gasteiger partial charge is 0.0802 e. The Morgan fingerprint density at radius 2 is 1.67 bits per heavy atom. The first-order chi connectivity index (χ1) is 20.5. The minimum Gasteiger partial charge on any atom is -0.255 e. The lowest BCUT2D eigenvalue weighted by atomic mass is 9.79. The van der Waals surface area contributed by atoms with Crippen LogP contribution in [0.3, 0.4) is 0 Å². The van der Waals surface area contributed by atoms with Crippen molar-refractivity contribution in [3.63, 3.8) is 0 Å². The van der Waals surface area contributed by atoms with Crippen LogP contribution in [0.2, 0.25) is 0 Å². The third-order valence-corrected chi connectivity index (χ3v) is 8.77. The molecule has 2 aromatic heterocycles. The van der Waals surface area contributed by atoms with Crippen LogP contribution in [-0.4, -0.2) is 4.98 Å². The molecule has 2 heteroatoms. The van der Waals surface area contributed by atoms with Crippen molar-refractivity contribution in [2.24, 2.45) is 17.8 Å². The number of benzene rings is 1. The zero-order chi connectivity index (χ0) is 31.2. The molecular formula is C40H59NS. The molecule has 1 aliphatic carbocycles. The van der Waals surface area contributed by atoms with Crippen molar-refractivity contribution >= 4 is 21.4 Å². The average Bonchev–Trinajstić information content (AvgIpc) is 3.50. The lowest BCUT2D eigenvalue weighted by Crippen LogP contribution is -2.12. The minimum atomic E-state index is 0.708. The zero-order valence-electron chi connectivity index (χ0n) is 28.2. The van der Waals surface area contributed by atoms with E-state index in [1.807, 2.05) is 38.2 Å². The van der Waals surface area contributed by atoms with Crippen molar-refractivity contribution in [3.05, 3.63) is 102 Å². The van der Waals surface area contributed by atoms with Crippen LogP contribution in [0.25, 0.3) is 20.7 Å². The first-order valence-electron chi connectivity index (χ1n) is 16.5. The highest BCUT2D eigenvalue weighted by Crippen LogP contribution is 2.34. The zero-order valence-corrected chi connectivity index (χ0v) is 29.0. The Bertz CT molecular complexity index is 1180. The molecule has 0 aliphatic heterocycles. The summed E-state index contributed by atoms with van der Waals surface area (Å²) in [7, 11) is 0. The Balaban J connectivity index is 0.000000351. The summed E-state index contributed by atoms with van der Waals surface area (Å²) in [4.78, 5) is 5.59. The van der Waals surface area contributed by atoms with Gasteiger partial charge in [-0.15, -0.1) is 11.3 Å². The van der Waals surface area contributed by atoms with E-state index in [1.165, 1.54) is 59.1 Å². The van der Waals surface area contributed by atoms with Gasteiger partial charge in [-0.3, -0.25) is 4.98 Å². The summed E-state index contributed by atoms with van der Waals surface area (Å²) >= 11 is 1.79. The van der Waals surface area contributed by atoms with Crippen molar-refractivity contribution < 1.29 is 0 Å². The van der Waals surface area contributed by atoms with Gasteiger partial charge in [0.25, 0.3) is 0 Å². The fourth-order valence-electron chi connectivity index (χ4n) is 4.76. The summed E-state index contributed by atoms with van der Waals surface area (Å²) in [6.07, 6.45) is 24.4. The molecule has 0 saturated heterocycles. The van der Waals surface area contributed by atoms with Crippen molar-refractivity contribution in [2.75, 3.05) is 0 Å². The number of aromatic nitrogens is 1. The molecule has 0 radical (unpaired) electrons. The molecular weight excluding hydrogens is 527 g/mol. The van der Waals surface area contributed by atoms with Crippen LogP contribution in [0.5, 0.6) is 0 Å². The van der Waals surface area contributed by atoms with Crippen LogP contribution in [0, 0.1) is 17.8 Å². The topological polar surface area (TPSA) is 12.9 Å². The van der Waals surface area contributed by atoms with Gasteiger partial charge in [0.2, 0.25) is 0 Å². The predicted molar refractivity (Wildman–Crippen MR) is 193 cm³/mol. The molecule has 1 aliphatic rings. The van der Waals surface area contributed by atoms with Gasteiger partial charge in [-0.1, -0.05) is 128 Å². The summed E-state index contributed by atoms with van der Waals surface area (Å²) in [5.41, 5.74) is 4.25. The molecule has 1 aromatic carbocycles. The molecule has 0 bridgehead atoms. The Hall–Kier alpha value is -2.71. The number of pyridine rings is 1. The van der Waals surface area contributed by atoms with Crippen molar-refractivity contribution in [2.45, 2.75) is 107 Å². The first kappa shape index (κ1) is 37.3. The average molecular weight is 586 g/mol. The Labute approximate surface area is 263 Å². The van der Waals surface area contributed by atoms with E-state index in [4.69, 9.17) is 0 Å². The molecule has 1 nitrogen and oxygen atoms in total. The maximum atomic E-state index is 4.35. The minimum absolute atomic E-state index is 0.708. The Kier molecular flexibility index (Phi) is 20.3. The highest BCUT2D eigenvalue weighted by molar-refractivity contribution is 7.22. The number of fused-ring (bicyclic) bond motifs is 1. The predicted octanol–water partition coefficient (Wildman–Crippen LogP) is 13.7. The normalized spacial score (nSPS) is 14.2. The van der Waals surface area contributed by atoms with E-state index in [1.54, 1.807) is 16.9 Å². The standard InChI is InChI=1S/C20H32.C13H9NS.C5H12.C2H6/c1-5-9-13-17(6-2)18(7-3)16-19(8-4)20-14-11-10-12-15-20;1-2-7-12-10(5-1)9-13(15-12)11-6-3-4-8-14-11;1-4-5(2)3;1-2/h6,9-11,13-14,18-19H,5,7-8,12,15-16H2,1-4H3;1-9H;5H,4H2,1-3H3;1-2H3/b13-9-,17-6+;;;. The number of hydrogen-bond donors (Lipinski definition) is 0. The van der Waals surface area contributed by atoms with Gasteiger partial charge in [-0.2, -0.15) is 0 Å². The SMILES string of the molecule is C/C=C(\C=C/CC)C(CC)CC(CC)C1=CC=CCC1.CC.CCC(C)C.c1ccc(-c2cc3ccccc3s2)nc1. The molecule has 2 atom stereocenters. The quantitative estimate of drug-likeness (QED) is 0.216. The number of rotatable bonds is 10. The molecule has 0 fully saturated rings. The van der Waals surface area contributed by atoms with Crippen LogP contribution in [0.4, 0.5) is 0 Å². The summed E-state index contributed by atoms with van der Waals surface area (Å²) in [6, 6.07) is 16.6. The molecule has 230 valence electrons. The van der Waals surface area contributed by atoms with Gasteiger partial charge < -0.3 is 0 Å². The van der Waals surface area contributed by atoms with Crippen LogP contribution in [0.15, 0.2) is 102 Å². The van der Waals surface area contributed by atoms with E-state index in [0.717, 1.165) is 24.0 Å². The molecule has 3 aromatic rings. The van der Waals surface area contributed by atoms with Gasteiger partial charge in [-0.05, 0) is 98.4 Å². The van der Waals surface area contributed by atoms with Crippen molar-refractivity contribution in [3.8, 4) is 10.6 Å². The maximum absolute atomic E-state index is 4.35. The first-order valence-corrected chi connectivity index (χ1v) is 17.4. The van der Waals surface area contributed by atoms with E-state index >= 15 is 0 Å². The van der Waals surface area contributed by atoms with Crippen LogP contribution in [-0.2, 0) is 0 Å². The fourth-order valence-corrected chi connectivity index (χ4v) is 5.80. The van der Waals surface area contributed by atoms with Gasteiger partial charge in [0.05, 0.1) is 10.6 Å². The number of hydrogen-bond acceptors (Lipinski definition) is 2. The fraction of sp³-hybridized carbons (Fsp3) is 0.475. The van der Waals surface area contributed by atoms with E-state index < -0.39 is 0 Å². The highest BCUT2D eigenvalue weighted by Gasteiger charge is 2.19. The Morgan fingerprint density at radius 1 is 0.952 bits per heavy atom. The second kappa shape index (κ2) is 22.8. The molecule has 42 heavy (non-hydrogen) atoms. The van der Waals surface area contributed by atoms with Crippen LogP contribution < -0.4 is 0 Å². The van der Waals surface area contributed by atoms with Gasteiger partial charge in [0, 0.05) is 10.9 Å². The molecule has 0 N–H and O–H groups in total. The van der Waals surface area contributed by atoms with Gasteiger partial charge in [0.1, 0.15) is 0 Å². The second-order valence-corrected chi connectivity index (χ2v) is 12.0. The lowest BCUT2D eigenvalue weighted by Gasteiger charge is -2.26. The summed E-state index contributed by atoms with van der Waals surface area (Å²) in [6.45, 7) is 19.7. The molecule has 4 rings (SSSR count). The van der Waals surface area contributed by atoms with E-state index in [2.05, 4.69) is 120 Å². The van der Waals surface area contributed by atoms with Crippen molar-refractivity contribution in [1.82, 2.24) is 4.98 Å². The third kappa shape index (κ3) is 13.5. The third-order valence-electron chi connectivity index (χ3n) is 7.64. The molecule has 2 unspecified atom stereocenters. The maximum Gasteiger partial charge on any atom is 0.0802 e. The highest BCUT2D eigenvalue weighted by atomic mass is 32.1. The van der Waals surface area contributed by atoms with Gasteiger partial charge in [0.15, 0.2) is 0 Å². The van der Waals surface area contributed by atoms with E-state index in [0.29, 0.717) is 5.92 Å². The number of allylic oxidation sites excluding steroid dienone is 8. The van der Waals surface area contributed by atoms with Crippen LogP contribution in [0.1, 0.15) is 107 Å². The number of thiophene rings is 1. The Morgan fingerprint density at radius 3 is 2.19 bits per heavy atom. The summed E-state index contributed by atoms with van der Waals surface area (Å²) in [5.74, 6) is 2.35. The molecule has 0 spiro atoms. The van der Waals surface area contributed by atoms with Crippen LogP contribution >= 0.6 is 11.3 Å². The lowest BCUT2D eigenvalue weighted by molar-refractivity contribution is 0.425. The molecule has 0 amide bonds. The molecule has 0 saturated carbocycles. The van der Waals surface area contributed by atoms with Crippen molar-refractivity contribution in [1.29, 1.82) is 0 Å². The van der Waals surface area contributed by atoms with Gasteiger partial charge in [-0.25, -0.2) is 0 Å². The number of nitrogens with zero attached hydrogens (tertiary/aromatic N) is 1. The largest absolute Gasteiger partial charge is 0.255 e. The summed E-state index contributed by atoms with van der Waals surface area (Å²) < 4.78 is 1.32. The second-order valence-electron chi connectivity index (χ2n) is 10.9. The monoisotopic (exact) mass is 585 g/mol. The van der Waals surface area contributed by atoms with E-state index in [-0.39, 0.29) is 0 Å².